The Hall–Kier alpha value is -1.16. The smallest absolute Gasteiger partial charge is 0.225 e. The lowest BCUT2D eigenvalue weighted by molar-refractivity contribution is 0.423. The van der Waals surface area contributed by atoms with Gasteiger partial charge in [-0.15, -0.1) is 0 Å². The molecule has 0 aliphatic heterocycles. The molecular formula is C13H22N4. The summed E-state index contributed by atoms with van der Waals surface area (Å²) >= 11 is 0. The van der Waals surface area contributed by atoms with Crippen molar-refractivity contribution in [1.82, 2.24) is 15.3 Å². The van der Waals surface area contributed by atoms with Crippen molar-refractivity contribution in [3.05, 3.63) is 18.0 Å². The first-order chi connectivity index (χ1) is 7.96. The van der Waals surface area contributed by atoms with Crippen LogP contribution < -0.4 is 10.2 Å². The summed E-state index contributed by atoms with van der Waals surface area (Å²) in [5.74, 6) is 0.840. The van der Waals surface area contributed by atoms with Crippen LogP contribution in [-0.4, -0.2) is 28.6 Å². The molecule has 0 amide bonds. The molecule has 1 heterocycles. The lowest BCUT2D eigenvalue weighted by atomic mass is 10.1. The van der Waals surface area contributed by atoms with E-state index in [1.807, 2.05) is 12.4 Å². The molecule has 1 saturated carbocycles. The van der Waals surface area contributed by atoms with Gasteiger partial charge in [0.2, 0.25) is 5.95 Å². The maximum Gasteiger partial charge on any atom is 0.225 e. The molecule has 1 aliphatic carbocycles. The van der Waals surface area contributed by atoms with Gasteiger partial charge in [-0.05, 0) is 33.6 Å². The maximum atomic E-state index is 4.42. The normalized spacial score (nSPS) is 16.0. The number of nitrogens with one attached hydrogen (secondary N) is 1. The van der Waals surface area contributed by atoms with Gasteiger partial charge in [0.1, 0.15) is 0 Å². The van der Waals surface area contributed by atoms with Gasteiger partial charge in [0, 0.05) is 43.1 Å². The van der Waals surface area contributed by atoms with Crippen molar-refractivity contribution in [2.75, 3.05) is 11.9 Å². The highest BCUT2D eigenvalue weighted by molar-refractivity contribution is 5.32. The second-order valence-electron chi connectivity index (χ2n) is 5.84. The summed E-state index contributed by atoms with van der Waals surface area (Å²) < 4.78 is 0. The van der Waals surface area contributed by atoms with E-state index < -0.39 is 0 Å². The Labute approximate surface area is 103 Å². The van der Waals surface area contributed by atoms with Crippen molar-refractivity contribution >= 4 is 5.95 Å². The Morgan fingerprint density at radius 1 is 1.29 bits per heavy atom. The Kier molecular flexibility index (Phi) is 3.33. The molecule has 0 bridgehead atoms. The van der Waals surface area contributed by atoms with Gasteiger partial charge in [-0.2, -0.15) is 0 Å². The molecule has 0 spiro atoms. The van der Waals surface area contributed by atoms with Crippen LogP contribution in [0.25, 0.3) is 0 Å². The Bertz CT molecular complexity index is 362. The zero-order valence-electron chi connectivity index (χ0n) is 11.2. The number of hydrogen-bond acceptors (Lipinski definition) is 4. The minimum absolute atomic E-state index is 0.128. The van der Waals surface area contributed by atoms with Crippen LogP contribution in [0.4, 0.5) is 5.95 Å². The van der Waals surface area contributed by atoms with Gasteiger partial charge in [0.25, 0.3) is 0 Å². The molecule has 0 unspecified atom stereocenters. The molecule has 0 aromatic carbocycles. The zero-order chi connectivity index (χ0) is 12.5. The predicted molar refractivity (Wildman–Crippen MR) is 70.0 cm³/mol. The van der Waals surface area contributed by atoms with Gasteiger partial charge >= 0.3 is 0 Å². The summed E-state index contributed by atoms with van der Waals surface area (Å²) in [5.41, 5.74) is 1.26. The molecule has 4 nitrogen and oxygen atoms in total. The van der Waals surface area contributed by atoms with Crippen molar-refractivity contribution < 1.29 is 0 Å². The van der Waals surface area contributed by atoms with Gasteiger partial charge in [-0.1, -0.05) is 0 Å². The highest BCUT2D eigenvalue weighted by Crippen LogP contribution is 2.27. The van der Waals surface area contributed by atoms with Gasteiger partial charge < -0.3 is 10.2 Å². The van der Waals surface area contributed by atoms with Crippen LogP contribution in [0.1, 0.15) is 39.2 Å². The molecular weight excluding hydrogens is 212 g/mol. The van der Waals surface area contributed by atoms with E-state index in [-0.39, 0.29) is 5.54 Å². The lowest BCUT2D eigenvalue weighted by Crippen LogP contribution is -2.35. The zero-order valence-corrected chi connectivity index (χ0v) is 11.2. The summed E-state index contributed by atoms with van der Waals surface area (Å²) in [5, 5.41) is 3.43. The molecule has 1 aromatic heterocycles. The van der Waals surface area contributed by atoms with Gasteiger partial charge in [-0.25, -0.2) is 9.97 Å². The van der Waals surface area contributed by atoms with Crippen LogP contribution in [0.2, 0.25) is 0 Å². The Balaban J connectivity index is 1.93. The Morgan fingerprint density at radius 2 is 1.88 bits per heavy atom. The number of hydrogen-bond donors (Lipinski definition) is 1. The lowest BCUT2D eigenvalue weighted by Gasteiger charge is -2.20. The van der Waals surface area contributed by atoms with E-state index in [1.54, 1.807) is 0 Å². The van der Waals surface area contributed by atoms with Crippen molar-refractivity contribution in [3.8, 4) is 0 Å². The van der Waals surface area contributed by atoms with E-state index in [4.69, 9.17) is 0 Å². The molecule has 4 heteroatoms. The van der Waals surface area contributed by atoms with Gasteiger partial charge in [-0.3, -0.25) is 0 Å². The molecule has 0 radical (unpaired) electrons. The maximum absolute atomic E-state index is 4.42. The second kappa shape index (κ2) is 4.61. The number of anilines is 1. The third-order valence-corrected chi connectivity index (χ3v) is 2.92. The van der Waals surface area contributed by atoms with Crippen LogP contribution in [0.15, 0.2) is 12.4 Å². The van der Waals surface area contributed by atoms with E-state index in [0.717, 1.165) is 18.1 Å². The molecule has 1 N–H and O–H groups in total. The van der Waals surface area contributed by atoms with Crippen molar-refractivity contribution in [1.29, 1.82) is 0 Å². The third kappa shape index (κ3) is 3.66. The van der Waals surface area contributed by atoms with Gasteiger partial charge in [0.05, 0.1) is 0 Å². The van der Waals surface area contributed by atoms with Crippen LogP contribution in [0.5, 0.6) is 0 Å². The SMILES string of the molecule is CN(c1ncc(CNC(C)(C)C)cn1)C1CC1. The van der Waals surface area contributed by atoms with Crippen LogP contribution >= 0.6 is 0 Å². The van der Waals surface area contributed by atoms with E-state index in [9.17, 15) is 0 Å². The average molecular weight is 234 g/mol. The number of rotatable bonds is 4. The standard InChI is InChI=1S/C13H22N4/c1-13(2,3)16-9-10-7-14-12(15-8-10)17(4)11-5-6-11/h7-8,11,16H,5-6,9H2,1-4H3. The van der Waals surface area contributed by atoms with Crippen LogP contribution in [0, 0.1) is 0 Å². The minimum Gasteiger partial charge on any atom is -0.341 e. The summed E-state index contributed by atoms with van der Waals surface area (Å²) in [6.45, 7) is 7.28. The van der Waals surface area contributed by atoms with Crippen molar-refractivity contribution in [3.63, 3.8) is 0 Å². The number of aromatic nitrogens is 2. The summed E-state index contributed by atoms with van der Waals surface area (Å²) in [6.07, 6.45) is 6.38. The summed E-state index contributed by atoms with van der Waals surface area (Å²) in [6, 6.07) is 0.661. The topological polar surface area (TPSA) is 41.1 Å². The molecule has 0 saturated heterocycles. The largest absolute Gasteiger partial charge is 0.341 e. The van der Waals surface area contributed by atoms with Crippen molar-refractivity contribution in [2.24, 2.45) is 0 Å². The second-order valence-corrected chi connectivity index (χ2v) is 5.84. The first kappa shape index (κ1) is 12.3. The fraction of sp³-hybridized carbons (Fsp3) is 0.692. The van der Waals surface area contributed by atoms with E-state index in [1.165, 1.54) is 12.8 Å². The first-order valence-electron chi connectivity index (χ1n) is 6.24. The highest BCUT2D eigenvalue weighted by Gasteiger charge is 2.27. The van der Waals surface area contributed by atoms with E-state index >= 15 is 0 Å². The van der Waals surface area contributed by atoms with E-state index in [0.29, 0.717) is 6.04 Å². The third-order valence-electron chi connectivity index (χ3n) is 2.92. The molecule has 1 fully saturated rings. The molecule has 2 rings (SSSR count). The fourth-order valence-corrected chi connectivity index (χ4v) is 1.61. The van der Waals surface area contributed by atoms with Crippen molar-refractivity contribution in [2.45, 2.75) is 51.7 Å². The average Bonchev–Trinajstić information content (AvgIpc) is 3.09. The van der Waals surface area contributed by atoms with Crippen LogP contribution in [-0.2, 0) is 6.54 Å². The molecule has 1 aromatic rings. The summed E-state index contributed by atoms with van der Waals surface area (Å²) in [7, 11) is 2.07. The molecule has 1 aliphatic rings. The monoisotopic (exact) mass is 234 g/mol. The predicted octanol–water partition coefficient (Wildman–Crippen LogP) is 1.96. The van der Waals surface area contributed by atoms with Gasteiger partial charge in [0.15, 0.2) is 0 Å². The summed E-state index contributed by atoms with van der Waals surface area (Å²) in [4.78, 5) is 11.0. The number of nitrogens with zero attached hydrogens (tertiary/aromatic N) is 3. The highest BCUT2D eigenvalue weighted by atomic mass is 15.3. The molecule has 94 valence electrons. The van der Waals surface area contributed by atoms with Crippen LogP contribution in [0.3, 0.4) is 0 Å². The quantitative estimate of drug-likeness (QED) is 0.864. The Morgan fingerprint density at radius 3 is 2.35 bits per heavy atom. The van der Waals surface area contributed by atoms with E-state index in [2.05, 4.69) is 48.0 Å². The molecule has 0 atom stereocenters. The fourth-order valence-electron chi connectivity index (χ4n) is 1.61. The minimum atomic E-state index is 0.128. The molecule has 17 heavy (non-hydrogen) atoms. The first-order valence-corrected chi connectivity index (χ1v) is 6.24.